The molecular formula is C34H42N4O8. The zero-order valence-electron chi connectivity index (χ0n) is 26.8. The topological polar surface area (TPSA) is 171 Å². The SMILES string of the molecule is CCOC(=O)COc1c(CNc2ccc(C)cc2C(=O)Nc2ccc(/C(N)=N/C(=O)OCC)cc2)cc(CO)cc1OCC(C)C. The number of amides is 2. The molecule has 3 aromatic carbocycles. The van der Waals surface area contributed by atoms with E-state index in [1.807, 2.05) is 26.8 Å². The fourth-order valence-electron chi connectivity index (χ4n) is 4.24. The Bertz CT molecular complexity index is 1540. The first-order valence-electron chi connectivity index (χ1n) is 15.0. The van der Waals surface area contributed by atoms with Gasteiger partial charge in [-0.1, -0.05) is 25.5 Å². The van der Waals surface area contributed by atoms with Gasteiger partial charge in [-0.2, -0.15) is 4.99 Å². The molecule has 0 bridgehead atoms. The number of aliphatic hydroxyl groups is 1. The van der Waals surface area contributed by atoms with Gasteiger partial charge in [0.2, 0.25) is 0 Å². The lowest BCUT2D eigenvalue weighted by atomic mass is 10.1. The fourth-order valence-corrected chi connectivity index (χ4v) is 4.24. The Morgan fingerprint density at radius 1 is 0.957 bits per heavy atom. The maximum atomic E-state index is 13.5. The Balaban J connectivity index is 1.85. The van der Waals surface area contributed by atoms with Crippen molar-refractivity contribution in [3.63, 3.8) is 0 Å². The van der Waals surface area contributed by atoms with E-state index in [-0.39, 0.29) is 50.6 Å². The summed E-state index contributed by atoms with van der Waals surface area (Å²) in [5.74, 6) is 0.0483. The van der Waals surface area contributed by atoms with Gasteiger partial charge in [-0.25, -0.2) is 9.59 Å². The van der Waals surface area contributed by atoms with Crippen LogP contribution in [-0.2, 0) is 27.4 Å². The van der Waals surface area contributed by atoms with Gasteiger partial charge in [-0.05, 0) is 80.8 Å². The lowest BCUT2D eigenvalue weighted by Crippen LogP contribution is -2.18. The zero-order valence-corrected chi connectivity index (χ0v) is 26.8. The maximum absolute atomic E-state index is 13.5. The van der Waals surface area contributed by atoms with Crippen LogP contribution in [0, 0.1) is 12.8 Å². The van der Waals surface area contributed by atoms with Crippen LogP contribution in [0.5, 0.6) is 11.5 Å². The van der Waals surface area contributed by atoms with Gasteiger partial charge in [0, 0.05) is 29.0 Å². The van der Waals surface area contributed by atoms with Gasteiger partial charge in [0.15, 0.2) is 18.1 Å². The molecule has 0 unspecified atom stereocenters. The number of anilines is 2. The van der Waals surface area contributed by atoms with Crippen molar-refractivity contribution >= 4 is 35.2 Å². The van der Waals surface area contributed by atoms with E-state index >= 15 is 0 Å². The molecule has 0 spiro atoms. The number of nitrogens with two attached hydrogens (primary N) is 1. The molecule has 0 aliphatic heterocycles. The molecule has 0 aliphatic carbocycles. The number of rotatable bonds is 15. The van der Waals surface area contributed by atoms with Gasteiger partial charge in [0.1, 0.15) is 5.84 Å². The molecule has 0 atom stereocenters. The van der Waals surface area contributed by atoms with E-state index in [1.54, 1.807) is 62.4 Å². The Morgan fingerprint density at radius 2 is 1.67 bits per heavy atom. The molecule has 12 nitrogen and oxygen atoms in total. The molecule has 0 saturated carbocycles. The molecule has 0 aliphatic rings. The largest absolute Gasteiger partial charge is 0.489 e. The van der Waals surface area contributed by atoms with E-state index in [4.69, 9.17) is 24.7 Å². The van der Waals surface area contributed by atoms with Gasteiger partial charge in [-0.3, -0.25) is 4.79 Å². The van der Waals surface area contributed by atoms with E-state index in [2.05, 4.69) is 15.6 Å². The summed E-state index contributed by atoms with van der Waals surface area (Å²) in [7, 11) is 0. The van der Waals surface area contributed by atoms with Crippen molar-refractivity contribution in [1.82, 2.24) is 0 Å². The molecule has 5 N–H and O–H groups in total. The van der Waals surface area contributed by atoms with Crippen LogP contribution in [0.1, 0.15) is 60.3 Å². The second-order valence-corrected chi connectivity index (χ2v) is 10.7. The monoisotopic (exact) mass is 634 g/mol. The van der Waals surface area contributed by atoms with E-state index < -0.39 is 12.1 Å². The number of carbonyl (C=O) groups is 3. The third kappa shape index (κ3) is 10.5. The van der Waals surface area contributed by atoms with E-state index in [0.29, 0.717) is 51.7 Å². The number of hydrogen-bond donors (Lipinski definition) is 4. The van der Waals surface area contributed by atoms with Crippen molar-refractivity contribution in [2.75, 3.05) is 37.1 Å². The van der Waals surface area contributed by atoms with E-state index in [9.17, 15) is 19.5 Å². The second-order valence-electron chi connectivity index (χ2n) is 10.7. The zero-order chi connectivity index (χ0) is 33.6. The van der Waals surface area contributed by atoms with Crippen LogP contribution in [0.3, 0.4) is 0 Å². The predicted octanol–water partition coefficient (Wildman–Crippen LogP) is 5.19. The summed E-state index contributed by atoms with van der Waals surface area (Å²) in [6.45, 7) is 9.69. The minimum atomic E-state index is -0.781. The highest BCUT2D eigenvalue weighted by molar-refractivity contribution is 6.08. The van der Waals surface area contributed by atoms with E-state index in [0.717, 1.165) is 5.56 Å². The van der Waals surface area contributed by atoms with Gasteiger partial charge in [0.05, 0.1) is 32.0 Å². The summed E-state index contributed by atoms with van der Waals surface area (Å²) in [5, 5.41) is 16.1. The number of aliphatic hydroxyl groups excluding tert-OH is 1. The normalized spacial score (nSPS) is 11.2. The number of ether oxygens (including phenoxy) is 4. The third-order valence-electron chi connectivity index (χ3n) is 6.39. The standard InChI is InChI=1S/C34H42N4O8/c1-6-43-30(40)20-46-31-25(15-23(18-39)16-29(31)45-19-21(3)4)17-36-28-13-8-22(5)14-27(28)33(41)37-26-11-9-24(10-12-26)32(35)38-34(42)44-7-2/h8-16,21,36,39H,6-7,17-20H2,1-5H3,(H,37,41)(H2,35,38,42). The Labute approximate surface area is 268 Å². The summed E-state index contributed by atoms with van der Waals surface area (Å²) >= 11 is 0. The van der Waals surface area contributed by atoms with Crippen LogP contribution >= 0.6 is 0 Å². The summed E-state index contributed by atoms with van der Waals surface area (Å²) in [5.41, 5.74) is 9.90. The molecule has 46 heavy (non-hydrogen) atoms. The quantitative estimate of drug-likeness (QED) is 0.0991. The van der Waals surface area contributed by atoms with Crippen molar-refractivity contribution in [1.29, 1.82) is 0 Å². The number of benzene rings is 3. The van der Waals surface area contributed by atoms with Crippen LogP contribution < -0.4 is 25.8 Å². The van der Waals surface area contributed by atoms with Gasteiger partial charge in [0.25, 0.3) is 5.91 Å². The van der Waals surface area contributed by atoms with Gasteiger partial charge >= 0.3 is 12.1 Å². The number of aryl methyl sites for hydroxylation is 1. The lowest BCUT2D eigenvalue weighted by Gasteiger charge is -2.20. The van der Waals surface area contributed by atoms with Crippen LogP contribution in [-0.4, -0.2) is 55.3 Å². The van der Waals surface area contributed by atoms with Gasteiger partial charge in [-0.15, -0.1) is 0 Å². The minimum absolute atomic E-state index is 0.00451. The highest BCUT2D eigenvalue weighted by Crippen LogP contribution is 2.35. The molecule has 3 aromatic rings. The lowest BCUT2D eigenvalue weighted by molar-refractivity contribution is -0.145. The van der Waals surface area contributed by atoms with Gasteiger partial charge < -0.3 is 40.4 Å². The molecule has 0 heterocycles. The number of nitrogens with zero attached hydrogens (tertiary/aromatic N) is 1. The minimum Gasteiger partial charge on any atom is -0.489 e. The number of hydrogen-bond acceptors (Lipinski definition) is 9. The number of nitrogens with one attached hydrogen (secondary N) is 2. The molecule has 0 aromatic heterocycles. The summed E-state index contributed by atoms with van der Waals surface area (Å²) in [6, 6.07) is 15.4. The van der Waals surface area contributed by atoms with Crippen molar-refractivity contribution in [2.45, 2.75) is 47.8 Å². The first-order chi connectivity index (χ1) is 22.0. The van der Waals surface area contributed by atoms with Crippen molar-refractivity contribution < 1.29 is 38.4 Å². The number of esters is 1. The molecular weight excluding hydrogens is 592 g/mol. The summed E-state index contributed by atoms with van der Waals surface area (Å²) in [6.07, 6.45) is -0.781. The highest BCUT2D eigenvalue weighted by atomic mass is 16.6. The van der Waals surface area contributed by atoms with Crippen molar-refractivity contribution in [3.05, 3.63) is 82.4 Å². The highest BCUT2D eigenvalue weighted by Gasteiger charge is 2.19. The smallest absolute Gasteiger partial charge is 0.435 e. The van der Waals surface area contributed by atoms with Crippen LogP contribution in [0.15, 0.2) is 59.6 Å². The summed E-state index contributed by atoms with van der Waals surface area (Å²) in [4.78, 5) is 40.9. The predicted molar refractivity (Wildman–Crippen MR) is 175 cm³/mol. The number of carbonyl (C=O) groups excluding carboxylic acids is 3. The van der Waals surface area contributed by atoms with Crippen LogP contribution in [0.25, 0.3) is 0 Å². The number of amidine groups is 1. The van der Waals surface area contributed by atoms with Crippen LogP contribution in [0.2, 0.25) is 0 Å². The molecule has 0 saturated heterocycles. The Morgan fingerprint density at radius 3 is 2.33 bits per heavy atom. The van der Waals surface area contributed by atoms with Crippen LogP contribution in [0.4, 0.5) is 16.2 Å². The Kier molecular flexibility index (Phi) is 13.4. The third-order valence-corrected chi connectivity index (χ3v) is 6.39. The first kappa shape index (κ1) is 35.4. The average Bonchev–Trinajstić information content (AvgIpc) is 3.02. The average molecular weight is 635 g/mol. The summed E-state index contributed by atoms with van der Waals surface area (Å²) < 4.78 is 21.7. The first-order valence-corrected chi connectivity index (χ1v) is 15.0. The van der Waals surface area contributed by atoms with E-state index in [1.165, 1.54) is 0 Å². The van der Waals surface area contributed by atoms with Crippen molar-refractivity contribution in [2.24, 2.45) is 16.6 Å². The Hall–Kier alpha value is -5.10. The molecule has 2 amide bonds. The molecule has 3 rings (SSSR count). The molecule has 246 valence electrons. The molecule has 0 radical (unpaired) electrons. The molecule has 0 fully saturated rings. The maximum Gasteiger partial charge on any atom is 0.435 e. The number of aliphatic imine (C=N–C) groups is 1. The fraction of sp³-hybridized carbons (Fsp3) is 0.353. The van der Waals surface area contributed by atoms with Crippen molar-refractivity contribution in [3.8, 4) is 11.5 Å². The second kappa shape index (κ2) is 17.4. The molecule has 12 heteroatoms.